The molecule has 2 unspecified atom stereocenters. The Bertz CT molecular complexity index is 373. The molecule has 74 valence electrons. The first-order valence-electron chi connectivity index (χ1n) is 3.98. The van der Waals surface area contributed by atoms with Gasteiger partial charge >= 0.3 is 0 Å². The van der Waals surface area contributed by atoms with Crippen LogP contribution in [-0.2, 0) is 0 Å². The first-order valence-corrected chi connectivity index (χ1v) is 3.98. The van der Waals surface area contributed by atoms with Gasteiger partial charge < -0.3 is 15.3 Å². The van der Waals surface area contributed by atoms with Crippen LogP contribution in [0, 0.1) is 18.3 Å². The largest absolute Gasteiger partial charge is 0.506 e. The van der Waals surface area contributed by atoms with Gasteiger partial charge in [-0.3, -0.25) is 4.98 Å². The summed E-state index contributed by atoms with van der Waals surface area (Å²) in [4.78, 5) is 3.83. The molecule has 0 fully saturated rings. The predicted molar refractivity (Wildman–Crippen MR) is 47.2 cm³/mol. The van der Waals surface area contributed by atoms with Gasteiger partial charge in [-0.2, -0.15) is 5.26 Å². The Labute approximate surface area is 80.9 Å². The van der Waals surface area contributed by atoms with Crippen molar-refractivity contribution in [3.05, 3.63) is 23.5 Å². The molecule has 1 rings (SSSR count). The minimum Gasteiger partial charge on any atom is -0.506 e. The number of pyridine rings is 1. The van der Waals surface area contributed by atoms with Gasteiger partial charge in [-0.1, -0.05) is 0 Å². The monoisotopic (exact) mass is 194 g/mol. The first kappa shape index (κ1) is 10.4. The third kappa shape index (κ3) is 1.99. The molecule has 5 nitrogen and oxygen atoms in total. The molecule has 0 aromatic carbocycles. The van der Waals surface area contributed by atoms with E-state index in [-0.39, 0.29) is 11.4 Å². The number of hydrogen-bond acceptors (Lipinski definition) is 5. The van der Waals surface area contributed by atoms with E-state index in [0.29, 0.717) is 5.69 Å². The summed E-state index contributed by atoms with van der Waals surface area (Å²) in [5, 5.41) is 36.1. The SMILES string of the molecule is Cc1ccc(O)c(C(O)C(O)C#N)n1. The lowest BCUT2D eigenvalue weighted by Crippen LogP contribution is -2.17. The molecule has 0 radical (unpaired) electrons. The summed E-state index contributed by atoms with van der Waals surface area (Å²) in [6.45, 7) is 1.68. The van der Waals surface area contributed by atoms with Gasteiger partial charge in [-0.05, 0) is 19.1 Å². The zero-order valence-electron chi connectivity index (χ0n) is 7.55. The minimum absolute atomic E-state index is 0.0842. The van der Waals surface area contributed by atoms with Crippen molar-refractivity contribution in [3.63, 3.8) is 0 Å². The molecular formula is C9H10N2O3. The van der Waals surface area contributed by atoms with Crippen LogP contribution in [0.5, 0.6) is 5.75 Å². The predicted octanol–water partition coefficient (Wildman–Crippen LogP) is 0.0135. The number of aryl methyl sites for hydroxylation is 1. The summed E-state index contributed by atoms with van der Waals surface area (Å²) in [7, 11) is 0. The molecule has 0 bridgehead atoms. The van der Waals surface area contributed by atoms with Crippen LogP contribution in [0.2, 0.25) is 0 Å². The summed E-state index contributed by atoms with van der Waals surface area (Å²) in [6.07, 6.45) is -3.07. The van der Waals surface area contributed by atoms with Crippen molar-refractivity contribution in [2.75, 3.05) is 0 Å². The van der Waals surface area contributed by atoms with Crippen molar-refractivity contribution in [2.45, 2.75) is 19.1 Å². The van der Waals surface area contributed by atoms with Crippen LogP contribution < -0.4 is 0 Å². The Kier molecular flexibility index (Phi) is 3.02. The summed E-state index contributed by atoms with van der Waals surface area (Å²) in [5.74, 6) is -0.239. The van der Waals surface area contributed by atoms with Crippen LogP contribution >= 0.6 is 0 Å². The van der Waals surface area contributed by atoms with Crippen LogP contribution in [0.4, 0.5) is 0 Å². The van der Waals surface area contributed by atoms with Gasteiger partial charge in [0.25, 0.3) is 0 Å². The fourth-order valence-corrected chi connectivity index (χ4v) is 1.01. The Balaban J connectivity index is 3.07. The van der Waals surface area contributed by atoms with Gasteiger partial charge in [0.05, 0.1) is 6.07 Å². The van der Waals surface area contributed by atoms with Crippen LogP contribution in [0.3, 0.4) is 0 Å². The highest BCUT2D eigenvalue weighted by Gasteiger charge is 2.22. The molecule has 0 aliphatic rings. The number of aromatic hydroxyl groups is 1. The molecule has 1 heterocycles. The molecule has 1 aromatic heterocycles. The highest BCUT2D eigenvalue weighted by molar-refractivity contribution is 5.30. The first-order chi connectivity index (χ1) is 6.56. The number of nitriles is 1. The lowest BCUT2D eigenvalue weighted by atomic mass is 10.1. The van der Waals surface area contributed by atoms with Gasteiger partial charge in [0.2, 0.25) is 0 Å². The van der Waals surface area contributed by atoms with E-state index in [1.807, 2.05) is 0 Å². The normalized spacial score (nSPS) is 14.4. The second-order valence-electron chi connectivity index (χ2n) is 2.88. The third-order valence-corrected chi connectivity index (χ3v) is 1.75. The highest BCUT2D eigenvalue weighted by Crippen LogP contribution is 2.24. The smallest absolute Gasteiger partial charge is 0.172 e. The maximum Gasteiger partial charge on any atom is 0.172 e. The van der Waals surface area contributed by atoms with E-state index in [1.54, 1.807) is 13.0 Å². The molecular weight excluding hydrogens is 184 g/mol. The molecule has 14 heavy (non-hydrogen) atoms. The summed E-state index contributed by atoms with van der Waals surface area (Å²) < 4.78 is 0. The Morgan fingerprint density at radius 1 is 1.43 bits per heavy atom. The Morgan fingerprint density at radius 3 is 2.64 bits per heavy atom. The average molecular weight is 194 g/mol. The topological polar surface area (TPSA) is 97.4 Å². The lowest BCUT2D eigenvalue weighted by Gasteiger charge is -2.12. The number of hydrogen-bond donors (Lipinski definition) is 3. The summed E-state index contributed by atoms with van der Waals surface area (Å²) >= 11 is 0. The maximum atomic E-state index is 9.40. The molecule has 0 amide bonds. The summed E-state index contributed by atoms with van der Waals surface area (Å²) in [6, 6.07) is 4.38. The quantitative estimate of drug-likeness (QED) is 0.576. The highest BCUT2D eigenvalue weighted by atomic mass is 16.3. The van der Waals surface area contributed by atoms with E-state index in [9.17, 15) is 10.2 Å². The molecule has 3 N–H and O–H groups in total. The van der Waals surface area contributed by atoms with Crippen LogP contribution in [-0.4, -0.2) is 26.4 Å². The van der Waals surface area contributed by atoms with Crippen molar-refractivity contribution in [1.82, 2.24) is 4.98 Å². The molecule has 0 aliphatic heterocycles. The zero-order chi connectivity index (χ0) is 10.7. The fraction of sp³-hybridized carbons (Fsp3) is 0.333. The Hall–Kier alpha value is -1.64. The number of nitrogens with zero attached hydrogens (tertiary/aromatic N) is 2. The van der Waals surface area contributed by atoms with Gasteiger partial charge in [-0.25, -0.2) is 0 Å². The second kappa shape index (κ2) is 4.05. The second-order valence-corrected chi connectivity index (χ2v) is 2.88. The maximum absolute atomic E-state index is 9.40. The molecule has 0 saturated heterocycles. The van der Waals surface area contributed by atoms with Crippen molar-refractivity contribution >= 4 is 0 Å². The van der Waals surface area contributed by atoms with Crippen molar-refractivity contribution in [3.8, 4) is 11.8 Å². The molecule has 1 aromatic rings. The van der Waals surface area contributed by atoms with E-state index in [0.717, 1.165) is 0 Å². The van der Waals surface area contributed by atoms with Gasteiger partial charge in [0.1, 0.15) is 17.5 Å². The number of rotatable bonds is 2. The zero-order valence-corrected chi connectivity index (χ0v) is 7.55. The fourth-order valence-electron chi connectivity index (χ4n) is 1.01. The number of aliphatic hydroxyl groups is 2. The van der Waals surface area contributed by atoms with E-state index in [1.165, 1.54) is 12.1 Å². The van der Waals surface area contributed by atoms with Crippen molar-refractivity contribution in [2.24, 2.45) is 0 Å². The molecule has 0 spiro atoms. The minimum atomic E-state index is -1.59. The average Bonchev–Trinajstić information content (AvgIpc) is 2.19. The molecule has 0 saturated carbocycles. The van der Waals surface area contributed by atoms with E-state index < -0.39 is 12.2 Å². The van der Waals surface area contributed by atoms with Crippen LogP contribution in [0.1, 0.15) is 17.5 Å². The molecule has 2 atom stereocenters. The van der Waals surface area contributed by atoms with Gasteiger partial charge in [-0.15, -0.1) is 0 Å². The summed E-state index contributed by atoms with van der Waals surface area (Å²) in [5.41, 5.74) is 0.501. The van der Waals surface area contributed by atoms with Gasteiger partial charge in [0.15, 0.2) is 6.10 Å². The van der Waals surface area contributed by atoms with E-state index in [2.05, 4.69) is 4.98 Å². The van der Waals surface area contributed by atoms with Gasteiger partial charge in [0, 0.05) is 5.69 Å². The lowest BCUT2D eigenvalue weighted by molar-refractivity contribution is 0.0480. The molecule has 0 aliphatic carbocycles. The molecule has 5 heteroatoms. The van der Waals surface area contributed by atoms with Crippen LogP contribution in [0.25, 0.3) is 0 Å². The van der Waals surface area contributed by atoms with Crippen LogP contribution in [0.15, 0.2) is 12.1 Å². The number of aliphatic hydroxyl groups excluding tert-OH is 2. The Morgan fingerprint density at radius 2 is 2.07 bits per heavy atom. The van der Waals surface area contributed by atoms with Crippen molar-refractivity contribution < 1.29 is 15.3 Å². The van der Waals surface area contributed by atoms with E-state index in [4.69, 9.17) is 10.4 Å². The van der Waals surface area contributed by atoms with E-state index >= 15 is 0 Å². The standard InChI is InChI=1S/C9H10N2O3/c1-5-2-3-6(12)8(11-5)9(14)7(13)4-10/h2-3,7,9,12-14H,1H3. The number of aromatic nitrogens is 1. The third-order valence-electron chi connectivity index (χ3n) is 1.75. The van der Waals surface area contributed by atoms with Crippen molar-refractivity contribution in [1.29, 1.82) is 5.26 Å².